The van der Waals surface area contributed by atoms with Gasteiger partial charge in [0.1, 0.15) is 11.7 Å². The van der Waals surface area contributed by atoms with Crippen LogP contribution in [0.1, 0.15) is 27.0 Å². The van der Waals surface area contributed by atoms with Crippen molar-refractivity contribution >= 4 is 16.1 Å². The number of benzene rings is 4. The van der Waals surface area contributed by atoms with Gasteiger partial charge in [-0.3, -0.25) is 0 Å². The van der Waals surface area contributed by atoms with E-state index < -0.39 is 52.7 Å². The molecular formula is C32H28F2O7S. The van der Waals surface area contributed by atoms with Crippen LogP contribution in [0.5, 0.6) is 0 Å². The Labute approximate surface area is 242 Å². The topological polar surface area (TPSA) is 88.1 Å². The van der Waals surface area contributed by atoms with Gasteiger partial charge in [-0.15, -0.1) is 0 Å². The van der Waals surface area contributed by atoms with Crippen LogP contribution in [0.25, 0.3) is 0 Å². The van der Waals surface area contributed by atoms with Crippen LogP contribution < -0.4 is 0 Å². The van der Waals surface area contributed by atoms with Crippen molar-refractivity contribution in [3.63, 3.8) is 0 Å². The summed E-state index contributed by atoms with van der Waals surface area (Å²) < 4.78 is 76.9. The number of carbonyl (C=O) groups excluding carboxylic acids is 1. The standard InChI is InChI=1S/C32H28F2O7S/c1-42(36,37)41-30-32(33,34)28(40-29(35)23-14-6-2-7-15-23)27(39-30)22-38-31(24-16-8-3-9-17-24,25-18-10-4-11-19-25)26-20-12-5-13-21-26/h2-21,27-28,30H,22H2,1H3. The number of rotatable bonds is 10. The molecule has 5 rings (SSSR count). The SMILES string of the molecule is CS(=O)(=O)OC1OC(COC(c2ccccc2)(c2ccccc2)c2ccccc2)C(OC(=O)c2ccccc2)C1(F)F. The highest BCUT2D eigenvalue weighted by Gasteiger charge is 2.63. The lowest BCUT2D eigenvalue weighted by molar-refractivity contribution is -0.184. The molecule has 0 spiro atoms. The van der Waals surface area contributed by atoms with Crippen molar-refractivity contribution in [1.82, 2.24) is 0 Å². The van der Waals surface area contributed by atoms with Gasteiger partial charge in [-0.25, -0.2) is 8.98 Å². The van der Waals surface area contributed by atoms with Gasteiger partial charge in [0.25, 0.3) is 10.1 Å². The van der Waals surface area contributed by atoms with Crippen LogP contribution in [0.4, 0.5) is 8.78 Å². The summed E-state index contributed by atoms with van der Waals surface area (Å²) in [6, 6.07) is 35.3. The summed E-state index contributed by atoms with van der Waals surface area (Å²) in [6.45, 7) is -0.523. The highest BCUT2D eigenvalue weighted by molar-refractivity contribution is 7.86. The number of carbonyl (C=O) groups is 1. The summed E-state index contributed by atoms with van der Waals surface area (Å²) in [5.41, 5.74) is 0.844. The second-order valence-corrected chi connectivity index (χ2v) is 11.4. The number of alkyl halides is 2. The van der Waals surface area contributed by atoms with E-state index in [4.69, 9.17) is 14.2 Å². The van der Waals surface area contributed by atoms with E-state index in [-0.39, 0.29) is 5.56 Å². The van der Waals surface area contributed by atoms with Gasteiger partial charge in [-0.05, 0) is 28.8 Å². The molecule has 3 atom stereocenters. The van der Waals surface area contributed by atoms with E-state index in [1.807, 2.05) is 91.0 Å². The number of halogens is 2. The Hall–Kier alpha value is -3.96. The second kappa shape index (κ2) is 12.1. The largest absolute Gasteiger partial charge is 0.449 e. The first-order valence-electron chi connectivity index (χ1n) is 13.1. The molecule has 4 aromatic carbocycles. The molecule has 10 heteroatoms. The minimum atomic E-state index is -4.36. The van der Waals surface area contributed by atoms with Gasteiger partial charge in [0, 0.05) is 0 Å². The van der Waals surface area contributed by atoms with Crippen molar-refractivity contribution in [3.8, 4) is 0 Å². The maximum atomic E-state index is 15.7. The van der Waals surface area contributed by atoms with Gasteiger partial charge in [0.2, 0.25) is 6.29 Å². The van der Waals surface area contributed by atoms with E-state index in [2.05, 4.69) is 4.18 Å². The highest BCUT2D eigenvalue weighted by atomic mass is 32.2. The van der Waals surface area contributed by atoms with E-state index in [1.54, 1.807) is 18.2 Å². The average Bonchev–Trinajstić information content (AvgIpc) is 3.22. The predicted octanol–water partition coefficient (Wildman–Crippen LogP) is 5.56. The van der Waals surface area contributed by atoms with Crippen molar-refractivity contribution in [2.24, 2.45) is 0 Å². The fraction of sp³-hybridized carbons (Fsp3) is 0.219. The summed E-state index contributed by atoms with van der Waals surface area (Å²) in [5, 5.41) is 0. The first kappa shape index (κ1) is 29.5. The van der Waals surface area contributed by atoms with Crippen molar-refractivity contribution in [3.05, 3.63) is 144 Å². The first-order valence-corrected chi connectivity index (χ1v) is 14.9. The van der Waals surface area contributed by atoms with E-state index in [0.717, 1.165) is 0 Å². The van der Waals surface area contributed by atoms with E-state index in [0.29, 0.717) is 22.9 Å². The van der Waals surface area contributed by atoms with Crippen LogP contribution in [-0.4, -0.2) is 51.7 Å². The Morgan fingerprint density at radius 2 is 1.21 bits per heavy atom. The Kier molecular flexibility index (Phi) is 8.51. The second-order valence-electron chi connectivity index (χ2n) is 9.76. The molecule has 0 N–H and O–H groups in total. The smallest absolute Gasteiger partial charge is 0.338 e. The molecule has 1 fully saturated rings. The lowest BCUT2D eigenvalue weighted by Gasteiger charge is -2.37. The number of ether oxygens (including phenoxy) is 3. The number of esters is 1. The van der Waals surface area contributed by atoms with Crippen LogP contribution in [-0.2, 0) is 34.1 Å². The van der Waals surface area contributed by atoms with Crippen LogP contribution >= 0.6 is 0 Å². The van der Waals surface area contributed by atoms with Crippen LogP contribution in [0.15, 0.2) is 121 Å². The molecule has 1 saturated heterocycles. The van der Waals surface area contributed by atoms with E-state index >= 15 is 8.78 Å². The highest BCUT2D eigenvalue weighted by Crippen LogP contribution is 2.44. The maximum Gasteiger partial charge on any atom is 0.338 e. The third-order valence-electron chi connectivity index (χ3n) is 6.84. The zero-order valence-electron chi connectivity index (χ0n) is 22.5. The summed E-state index contributed by atoms with van der Waals surface area (Å²) in [5.74, 6) is -5.06. The predicted molar refractivity (Wildman–Crippen MR) is 150 cm³/mol. The van der Waals surface area contributed by atoms with Gasteiger partial charge < -0.3 is 14.2 Å². The first-order chi connectivity index (χ1) is 20.1. The monoisotopic (exact) mass is 594 g/mol. The minimum Gasteiger partial charge on any atom is -0.449 e. The molecule has 3 unspecified atom stereocenters. The third-order valence-corrected chi connectivity index (χ3v) is 7.36. The fourth-order valence-corrected chi connectivity index (χ4v) is 5.45. The molecule has 42 heavy (non-hydrogen) atoms. The lowest BCUT2D eigenvalue weighted by atomic mass is 9.80. The van der Waals surface area contributed by atoms with Crippen LogP contribution in [0.3, 0.4) is 0 Å². The Bertz CT molecular complexity index is 1490. The number of hydrogen-bond acceptors (Lipinski definition) is 7. The molecule has 218 valence electrons. The lowest BCUT2D eigenvalue weighted by Crippen LogP contribution is -2.46. The average molecular weight is 595 g/mol. The molecule has 7 nitrogen and oxygen atoms in total. The third kappa shape index (κ3) is 6.12. The van der Waals surface area contributed by atoms with Crippen LogP contribution in [0, 0.1) is 0 Å². The van der Waals surface area contributed by atoms with Gasteiger partial charge in [-0.1, -0.05) is 109 Å². The normalized spacial score (nSPS) is 20.2. The quantitative estimate of drug-likeness (QED) is 0.135. The molecule has 0 aliphatic carbocycles. The van der Waals surface area contributed by atoms with Gasteiger partial charge in [0.05, 0.1) is 18.4 Å². The van der Waals surface area contributed by atoms with Crippen molar-refractivity contribution in [2.75, 3.05) is 12.9 Å². The Morgan fingerprint density at radius 1 is 0.786 bits per heavy atom. The molecule has 4 aromatic rings. The summed E-state index contributed by atoms with van der Waals surface area (Å²) >= 11 is 0. The van der Waals surface area contributed by atoms with Gasteiger partial charge >= 0.3 is 11.9 Å². The summed E-state index contributed by atoms with van der Waals surface area (Å²) in [7, 11) is -4.36. The zero-order chi connectivity index (χ0) is 29.8. The van der Waals surface area contributed by atoms with Crippen molar-refractivity contribution < 1.29 is 40.4 Å². The Morgan fingerprint density at radius 3 is 1.64 bits per heavy atom. The molecule has 0 aromatic heterocycles. The van der Waals surface area contributed by atoms with Gasteiger partial charge in [0.15, 0.2) is 6.10 Å². The summed E-state index contributed by atoms with van der Waals surface area (Å²) in [4.78, 5) is 12.9. The number of hydrogen-bond donors (Lipinski definition) is 0. The molecule has 1 aliphatic heterocycles. The zero-order valence-corrected chi connectivity index (χ0v) is 23.3. The molecule has 1 aliphatic rings. The Balaban J connectivity index is 1.56. The maximum absolute atomic E-state index is 15.7. The molecule has 0 saturated carbocycles. The van der Waals surface area contributed by atoms with Crippen molar-refractivity contribution in [1.29, 1.82) is 0 Å². The molecule has 0 amide bonds. The van der Waals surface area contributed by atoms with Crippen LogP contribution in [0.2, 0.25) is 0 Å². The molecule has 0 radical (unpaired) electrons. The van der Waals surface area contributed by atoms with Crippen molar-refractivity contribution in [2.45, 2.75) is 30.0 Å². The molecule has 0 bridgehead atoms. The molecular weight excluding hydrogens is 566 g/mol. The van der Waals surface area contributed by atoms with Gasteiger partial charge in [-0.2, -0.15) is 17.2 Å². The minimum absolute atomic E-state index is 0.0349. The fourth-order valence-electron chi connectivity index (χ4n) is 4.96. The molecule has 1 heterocycles. The summed E-state index contributed by atoms with van der Waals surface area (Å²) in [6.07, 6.45) is -5.73. The van der Waals surface area contributed by atoms with E-state index in [9.17, 15) is 13.2 Å². The van der Waals surface area contributed by atoms with E-state index in [1.165, 1.54) is 12.1 Å².